The number of rotatable bonds is 8. The highest BCUT2D eigenvalue weighted by molar-refractivity contribution is 5.95. The third-order valence-electron chi connectivity index (χ3n) is 7.20. The van der Waals surface area contributed by atoms with E-state index in [0.29, 0.717) is 29.4 Å². The molecule has 0 radical (unpaired) electrons. The molecule has 0 aromatic heterocycles. The number of hydrogen-bond donors (Lipinski definition) is 1. The van der Waals surface area contributed by atoms with Gasteiger partial charge in [-0.3, -0.25) is 9.69 Å². The predicted octanol–water partition coefficient (Wildman–Crippen LogP) is 2.81. The summed E-state index contributed by atoms with van der Waals surface area (Å²) in [6.45, 7) is 5.60. The summed E-state index contributed by atoms with van der Waals surface area (Å²) in [5.74, 6) is 1.24. The minimum atomic E-state index is -0.166. The second-order valence-electron chi connectivity index (χ2n) is 9.39. The molecule has 0 saturated carbocycles. The Morgan fingerprint density at radius 1 is 0.943 bits per heavy atom. The number of fused-ring (bicyclic) bond motifs is 1. The molecule has 8 heteroatoms. The highest BCUT2D eigenvalue weighted by Crippen LogP contribution is 2.38. The van der Waals surface area contributed by atoms with Gasteiger partial charge < -0.3 is 29.3 Å². The summed E-state index contributed by atoms with van der Waals surface area (Å²) in [7, 11) is 8.98. The van der Waals surface area contributed by atoms with Crippen LogP contribution in [-0.2, 0) is 6.42 Å². The number of nitrogens with one attached hydrogen (secondary N) is 1. The fourth-order valence-electron chi connectivity index (χ4n) is 5.11. The van der Waals surface area contributed by atoms with E-state index in [1.807, 2.05) is 0 Å². The number of likely N-dealkylation sites (N-methyl/N-ethyl adjacent to an activating group) is 1. The van der Waals surface area contributed by atoms with Crippen molar-refractivity contribution in [3.05, 3.63) is 47.0 Å². The zero-order chi connectivity index (χ0) is 24.9. The van der Waals surface area contributed by atoms with Crippen LogP contribution in [-0.4, -0.2) is 90.4 Å². The lowest BCUT2D eigenvalue weighted by Gasteiger charge is -2.39. The van der Waals surface area contributed by atoms with Gasteiger partial charge in [-0.05, 0) is 49.2 Å². The second kappa shape index (κ2) is 11.2. The van der Waals surface area contributed by atoms with Crippen LogP contribution in [0.25, 0.3) is 0 Å². The van der Waals surface area contributed by atoms with Gasteiger partial charge in [-0.1, -0.05) is 12.1 Å². The summed E-state index contributed by atoms with van der Waals surface area (Å²) < 4.78 is 16.3. The van der Waals surface area contributed by atoms with Crippen molar-refractivity contribution in [1.82, 2.24) is 15.1 Å². The fraction of sp³-hybridized carbons (Fsp3) is 0.519. The fourth-order valence-corrected chi connectivity index (χ4v) is 5.11. The Morgan fingerprint density at radius 3 is 2.26 bits per heavy atom. The van der Waals surface area contributed by atoms with Crippen molar-refractivity contribution in [2.24, 2.45) is 0 Å². The van der Waals surface area contributed by atoms with Crippen molar-refractivity contribution in [3.8, 4) is 17.2 Å². The van der Waals surface area contributed by atoms with Crippen LogP contribution in [0, 0.1) is 0 Å². The van der Waals surface area contributed by atoms with Crippen molar-refractivity contribution < 1.29 is 19.0 Å². The maximum atomic E-state index is 13.2. The number of hydrogen-bond acceptors (Lipinski definition) is 7. The van der Waals surface area contributed by atoms with Crippen molar-refractivity contribution in [1.29, 1.82) is 0 Å². The van der Waals surface area contributed by atoms with E-state index in [1.165, 1.54) is 23.2 Å². The number of nitrogens with zero attached hydrogens (tertiary/aromatic N) is 3. The van der Waals surface area contributed by atoms with Crippen LogP contribution in [0.15, 0.2) is 30.3 Å². The van der Waals surface area contributed by atoms with Crippen LogP contribution >= 0.6 is 0 Å². The third-order valence-corrected chi connectivity index (χ3v) is 7.20. The minimum Gasteiger partial charge on any atom is -0.493 e. The summed E-state index contributed by atoms with van der Waals surface area (Å²) >= 11 is 0. The molecule has 1 atom stereocenters. The molecular formula is C27H38N4O4. The summed E-state index contributed by atoms with van der Waals surface area (Å²) in [6.07, 6.45) is 2.27. The number of ether oxygens (including phenoxy) is 3. The van der Waals surface area contributed by atoms with Crippen LogP contribution in [0.4, 0.5) is 5.69 Å². The summed E-state index contributed by atoms with van der Waals surface area (Å²) in [5.41, 5.74) is 4.45. The zero-order valence-corrected chi connectivity index (χ0v) is 21.6. The van der Waals surface area contributed by atoms with Crippen molar-refractivity contribution in [3.63, 3.8) is 0 Å². The average molecular weight is 483 g/mol. The Labute approximate surface area is 208 Å². The number of amides is 1. The molecule has 190 valence electrons. The molecule has 2 aromatic rings. The Hall–Kier alpha value is -2.97. The van der Waals surface area contributed by atoms with E-state index in [2.05, 4.69) is 52.3 Å². The molecule has 2 heterocycles. The monoisotopic (exact) mass is 482 g/mol. The molecule has 0 aliphatic carbocycles. The Balaban J connectivity index is 1.57. The molecule has 1 saturated heterocycles. The summed E-state index contributed by atoms with van der Waals surface area (Å²) in [4.78, 5) is 20.4. The van der Waals surface area contributed by atoms with Crippen molar-refractivity contribution in [2.75, 3.05) is 79.6 Å². The maximum absolute atomic E-state index is 13.2. The molecule has 1 amide bonds. The highest BCUT2D eigenvalue weighted by atomic mass is 16.5. The van der Waals surface area contributed by atoms with Gasteiger partial charge in [0.25, 0.3) is 5.91 Å². The van der Waals surface area contributed by atoms with Gasteiger partial charge in [0, 0.05) is 57.6 Å². The largest absolute Gasteiger partial charge is 0.493 e. The molecule has 0 bridgehead atoms. The third kappa shape index (κ3) is 5.49. The number of carbonyl (C=O) groups excluding carboxylic acids is 1. The SMILES string of the molecule is COc1cc(C(=O)NC[C@@H](c2ccc3c(c2)CCCN3C)N2CCN(C)CC2)cc(OC)c1OC. The van der Waals surface area contributed by atoms with E-state index in [1.54, 1.807) is 33.5 Å². The van der Waals surface area contributed by atoms with Gasteiger partial charge in [0.05, 0.1) is 27.4 Å². The Bertz CT molecular complexity index is 1010. The molecular weight excluding hydrogens is 444 g/mol. The Kier molecular flexibility index (Phi) is 8.03. The lowest BCUT2D eigenvalue weighted by atomic mass is 9.95. The molecule has 2 aliphatic heterocycles. The van der Waals surface area contributed by atoms with E-state index < -0.39 is 0 Å². The number of carbonyl (C=O) groups is 1. The zero-order valence-electron chi connectivity index (χ0n) is 21.6. The van der Waals surface area contributed by atoms with Crippen LogP contribution in [0.3, 0.4) is 0 Å². The number of methoxy groups -OCH3 is 3. The highest BCUT2D eigenvalue weighted by Gasteiger charge is 2.26. The molecule has 0 unspecified atom stereocenters. The number of benzene rings is 2. The smallest absolute Gasteiger partial charge is 0.251 e. The van der Waals surface area contributed by atoms with Crippen LogP contribution < -0.4 is 24.4 Å². The number of piperazine rings is 1. The predicted molar refractivity (Wildman–Crippen MR) is 138 cm³/mol. The molecule has 4 rings (SSSR count). The number of anilines is 1. The minimum absolute atomic E-state index is 0.104. The van der Waals surface area contributed by atoms with Gasteiger partial charge in [-0.15, -0.1) is 0 Å². The first-order valence-electron chi connectivity index (χ1n) is 12.3. The van der Waals surface area contributed by atoms with Gasteiger partial charge in [-0.25, -0.2) is 0 Å². The van der Waals surface area contributed by atoms with Crippen LogP contribution in [0.2, 0.25) is 0 Å². The quantitative estimate of drug-likeness (QED) is 0.621. The lowest BCUT2D eigenvalue weighted by Crippen LogP contribution is -2.48. The lowest BCUT2D eigenvalue weighted by molar-refractivity contribution is 0.0885. The van der Waals surface area contributed by atoms with Gasteiger partial charge in [0.15, 0.2) is 11.5 Å². The van der Waals surface area contributed by atoms with E-state index in [9.17, 15) is 4.79 Å². The molecule has 2 aliphatic rings. The van der Waals surface area contributed by atoms with E-state index in [4.69, 9.17) is 14.2 Å². The van der Waals surface area contributed by atoms with E-state index >= 15 is 0 Å². The van der Waals surface area contributed by atoms with Gasteiger partial charge in [-0.2, -0.15) is 0 Å². The molecule has 8 nitrogen and oxygen atoms in total. The normalized spacial score (nSPS) is 17.5. The standard InChI is InChI=1S/C27H38N4O4/c1-29-11-13-31(14-12-29)23(20-8-9-22-19(15-20)7-6-10-30(22)2)18-28-27(32)21-16-24(33-3)26(35-5)25(17-21)34-4/h8-9,15-17,23H,6-7,10-14,18H2,1-5H3,(H,28,32)/t23-/m0/s1. The van der Waals surface area contributed by atoms with E-state index in [0.717, 1.165) is 39.1 Å². The first kappa shape index (κ1) is 25.1. The van der Waals surface area contributed by atoms with Crippen LogP contribution in [0.1, 0.15) is 33.9 Å². The molecule has 1 fully saturated rings. The van der Waals surface area contributed by atoms with Gasteiger partial charge >= 0.3 is 0 Å². The number of aryl methyl sites for hydroxylation is 1. The Morgan fingerprint density at radius 2 is 1.63 bits per heavy atom. The van der Waals surface area contributed by atoms with E-state index in [-0.39, 0.29) is 11.9 Å². The maximum Gasteiger partial charge on any atom is 0.251 e. The molecule has 0 spiro atoms. The molecule has 1 N–H and O–H groups in total. The van der Waals surface area contributed by atoms with Gasteiger partial charge in [0.2, 0.25) is 5.75 Å². The topological polar surface area (TPSA) is 66.5 Å². The molecule has 2 aromatic carbocycles. The summed E-state index contributed by atoms with van der Waals surface area (Å²) in [6, 6.07) is 10.3. The van der Waals surface area contributed by atoms with Crippen LogP contribution in [0.5, 0.6) is 17.2 Å². The van der Waals surface area contributed by atoms with Crippen molar-refractivity contribution in [2.45, 2.75) is 18.9 Å². The van der Waals surface area contributed by atoms with Gasteiger partial charge in [0.1, 0.15) is 0 Å². The van der Waals surface area contributed by atoms with Crippen molar-refractivity contribution >= 4 is 11.6 Å². The molecule has 35 heavy (non-hydrogen) atoms. The first-order valence-corrected chi connectivity index (χ1v) is 12.3. The second-order valence-corrected chi connectivity index (χ2v) is 9.39. The first-order chi connectivity index (χ1) is 16.9. The average Bonchev–Trinajstić information content (AvgIpc) is 2.88. The summed E-state index contributed by atoms with van der Waals surface area (Å²) in [5, 5.41) is 3.18.